The maximum atomic E-state index is 4.61. The van der Waals surface area contributed by atoms with Crippen LogP contribution < -0.4 is 10.9 Å². The Balaban J connectivity index is 1.60. The van der Waals surface area contributed by atoms with Crippen molar-refractivity contribution in [3.05, 3.63) is 71.3 Å². The molecule has 0 bridgehead atoms. The highest BCUT2D eigenvalue weighted by molar-refractivity contribution is 8.16. The van der Waals surface area contributed by atoms with E-state index >= 15 is 0 Å². The van der Waals surface area contributed by atoms with Gasteiger partial charge in [-0.25, -0.2) is 4.99 Å². The van der Waals surface area contributed by atoms with Gasteiger partial charge in [0.05, 0.1) is 11.4 Å². The maximum Gasteiger partial charge on any atom is 0.184 e. The minimum atomic E-state index is 0.833. The monoisotopic (exact) mass is 320 g/mol. The molecule has 0 amide bonds. The van der Waals surface area contributed by atoms with Gasteiger partial charge in [-0.2, -0.15) is 0 Å². The Labute approximate surface area is 138 Å². The van der Waals surface area contributed by atoms with E-state index in [-0.39, 0.29) is 0 Å². The lowest BCUT2D eigenvalue weighted by Gasteiger charge is -2.18. The molecule has 0 aliphatic carbocycles. The SMILES string of the molecule is Cc1cccc(N=C2NNC(c3c[nH]c4ccccc34)=CS2)c1. The molecular weight excluding hydrogens is 304 g/mol. The molecule has 0 atom stereocenters. The highest BCUT2D eigenvalue weighted by atomic mass is 32.2. The van der Waals surface area contributed by atoms with Gasteiger partial charge in [0.15, 0.2) is 5.17 Å². The summed E-state index contributed by atoms with van der Waals surface area (Å²) in [5.74, 6) is 0. The molecule has 3 N–H and O–H groups in total. The molecule has 4 nitrogen and oxygen atoms in total. The highest BCUT2D eigenvalue weighted by Crippen LogP contribution is 2.27. The van der Waals surface area contributed by atoms with Crippen molar-refractivity contribution in [1.82, 2.24) is 15.8 Å². The van der Waals surface area contributed by atoms with E-state index in [4.69, 9.17) is 0 Å². The largest absolute Gasteiger partial charge is 0.360 e. The number of fused-ring (bicyclic) bond motifs is 1. The first-order valence-electron chi connectivity index (χ1n) is 7.40. The summed E-state index contributed by atoms with van der Waals surface area (Å²) in [5.41, 5.74) is 11.9. The number of aliphatic imine (C=N–C) groups is 1. The van der Waals surface area contributed by atoms with Crippen molar-refractivity contribution in [2.24, 2.45) is 4.99 Å². The van der Waals surface area contributed by atoms with Gasteiger partial charge in [-0.15, -0.1) is 0 Å². The fourth-order valence-electron chi connectivity index (χ4n) is 2.59. The van der Waals surface area contributed by atoms with Gasteiger partial charge >= 0.3 is 0 Å². The van der Waals surface area contributed by atoms with Crippen molar-refractivity contribution in [3.63, 3.8) is 0 Å². The summed E-state index contributed by atoms with van der Waals surface area (Å²) in [4.78, 5) is 7.91. The molecule has 4 rings (SSSR count). The van der Waals surface area contributed by atoms with Crippen LogP contribution in [0.3, 0.4) is 0 Å². The van der Waals surface area contributed by atoms with E-state index < -0.39 is 0 Å². The van der Waals surface area contributed by atoms with Crippen molar-refractivity contribution in [3.8, 4) is 0 Å². The molecule has 2 heterocycles. The number of hydrogen-bond acceptors (Lipinski definition) is 3. The van der Waals surface area contributed by atoms with Crippen molar-refractivity contribution < 1.29 is 0 Å². The highest BCUT2D eigenvalue weighted by Gasteiger charge is 2.13. The Kier molecular flexibility index (Phi) is 3.55. The number of thioether (sulfide) groups is 1. The average molecular weight is 320 g/mol. The number of hydrogen-bond donors (Lipinski definition) is 3. The second kappa shape index (κ2) is 5.85. The number of benzene rings is 2. The Hall–Kier alpha value is -2.66. The van der Waals surface area contributed by atoms with Crippen LogP contribution in [-0.2, 0) is 0 Å². The molecular formula is C18H16N4S. The van der Waals surface area contributed by atoms with E-state index in [0.717, 1.165) is 27.6 Å². The molecule has 114 valence electrons. The summed E-state index contributed by atoms with van der Waals surface area (Å²) in [5, 5.41) is 4.12. The molecule has 1 aliphatic rings. The Bertz CT molecular complexity index is 923. The van der Waals surface area contributed by atoms with Crippen LogP contribution >= 0.6 is 11.8 Å². The van der Waals surface area contributed by atoms with Crippen LogP contribution in [0.1, 0.15) is 11.1 Å². The van der Waals surface area contributed by atoms with E-state index in [1.54, 1.807) is 11.8 Å². The molecule has 3 aromatic rings. The standard InChI is InChI=1S/C18H16N4S/c1-12-5-4-6-13(9-12)20-18-22-21-17(11-23-18)15-10-19-16-8-3-2-7-14(15)16/h2-11,19,21H,1H3,(H,20,22). The van der Waals surface area contributed by atoms with E-state index in [2.05, 4.69) is 57.4 Å². The number of aryl methyl sites for hydroxylation is 1. The van der Waals surface area contributed by atoms with E-state index in [1.807, 2.05) is 30.5 Å². The zero-order valence-electron chi connectivity index (χ0n) is 12.6. The summed E-state index contributed by atoms with van der Waals surface area (Å²) < 4.78 is 0. The normalized spacial score (nSPS) is 16.0. The summed E-state index contributed by atoms with van der Waals surface area (Å²) in [6, 6.07) is 16.4. The number of hydrazine groups is 1. The first-order valence-corrected chi connectivity index (χ1v) is 8.28. The van der Waals surface area contributed by atoms with Crippen molar-refractivity contribution >= 4 is 39.2 Å². The van der Waals surface area contributed by atoms with Gasteiger partial charge in [0, 0.05) is 28.1 Å². The molecule has 0 saturated heterocycles. The Morgan fingerprint density at radius 3 is 2.74 bits per heavy atom. The average Bonchev–Trinajstić information content (AvgIpc) is 3.00. The molecule has 0 radical (unpaired) electrons. The van der Waals surface area contributed by atoms with Gasteiger partial charge in [0.25, 0.3) is 0 Å². The molecule has 0 unspecified atom stereocenters. The smallest absolute Gasteiger partial charge is 0.184 e. The number of nitrogens with zero attached hydrogens (tertiary/aromatic N) is 1. The van der Waals surface area contributed by atoms with Gasteiger partial charge in [-0.3, -0.25) is 10.9 Å². The fraction of sp³-hybridized carbons (Fsp3) is 0.0556. The van der Waals surface area contributed by atoms with Gasteiger partial charge in [0.2, 0.25) is 0 Å². The number of para-hydroxylation sites is 1. The molecule has 23 heavy (non-hydrogen) atoms. The second-order valence-electron chi connectivity index (χ2n) is 5.40. The van der Waals surface area contributed by atoms with Crippen LogP contribution in [0, 0.1) is 6.92 Å². The molecule has 5 heteroatoms. The molecule has 2 aromatic carbocycles. The van der Waals surface area contributed by atoms with Crippen LogP contribution in [0.25, 0.3) is 16.6 Å². The summed E-state index contributed by atoms with van der Waals surface area (Å²) in [7, 11) is 0. The number of nitrogens with one attached hydrogen (secondary N) is 3. The van der Waals surface area contributed by atoms with E-state index in [9.17, 15) is 0 Å². The van der Waals surface area contributed by atoms with Crippen LogP contribution in [0.4, 0.5) is 5.69 Å². The molecule has 0 saturated carbocycles. The van der Waals surface area contributed by atoms with Crippen LogP contribution in [0.5, 0.6) is 0 Å². The summed E-state index contributed by atoms with van der Waals surface area (Å²) in [6.07, 6.45) is 2.02. The third kappa shape index (κ3) is 2.83. The lowest BCUT2D eigenvalue weighted by molar-refractivity contribution is 0.849. The zero-order valence-corrected chi connectivity index (χ0v) is 13.4. The van der Waals surface area contributed by atoms with Crippen LogP contribution in [0.15, 0.2) is 65.1 Å². The van der Waals surface area contributed by atoms with Gasteiger partial charge in [-0.05, 0) is 30.7 Å². The first kappa shape index (κ1) is 14.0. The number of aromatic nitrogens is 1. The Morgan fingerprint density at radius 1 is 1.00 bits per heavy atom. The van der Waals surface area contributed by atoms with Gasteiger partial charge < -0.3 is 4.98 Å². The maximum absolute atomic E-state index is 4.61. The minimum Gasteiger partial charge on any atom is -0.360 e. The van der Waals surface area contributed by atoms with E-state index in [0.29, 0.717) is 0 Å². The summed E-state index contributed by atoms with van der Waals surface area (Å²) >= 11 is 1.58. The predicted octanol–water partition coefficient (Wildman–Crippen LogP) is 4.30. The number of rotatable bonds is 2. The first-order chi connectivity index (χ1) is 11.3. The molecule has 1 aromatic heterocycles. The third-order valence-corrected chi connectivity index (χ3v) is 4.47. The predicted molar refractivity (Wildman–Crippen MR) is 98.4 cm³/mol. The quantitative estimate of drug-likeness (QED) is 0.660. The minimum absolute atomic E-state index is 0.833. The van der Waals surface area contributed by atoms with Crippen LogP contribution in [0.2, 0.25) is 0 Å². The van der Waals surface area contributed by atoms with Crippen molar-refractivity contribution in [2.45, 2.75) is 6.92 Å². The third-order valence-electron chi connectivity index (χ3n) is 3.70. The summed E-state index contributed by atoms with van der Waals surface area (Å²) in [6.45, 7) is 2.07. The zero-order chi connectivity index (χ0) is 15.6. The number of aromatic amines is 1. The molecule has 0 fully saturated rings. The number of H-pyrrole nitrogens is 1. The molecule has 0 spiro atoms. The van der Waals surface area contributed by atoms with Crippen LogP contribution in [-0.4, -0.2) is 10.2 Å². The lowest BCUT2D eigenvalue weighted by atomic mass is 10.1. The van der Waals surface area contributed by atoms with Gasteiger partial charge in [-0.1, -0.05) is 42.1 Å². The number of amidine groups is 1. The Morgan fingerprint density at radius 2 is 1.91 bits per heavy atom. The topological polar surface area (TPSA) is 52.2 Å². The lowest BCUT2D eigenvalue weighted by Crippen LogP contribution is -2.36. The second-order valence-corrected chi connectivity index (χ2v) is 6.26. The van der Waals surface area contributed by atoms with Crippen molar-refractivity contribution in [2.75, 3.05) is 0 Å². The fourth-order valence-corrected chi connectivity index (χ4v) is 3.27. The van der Waals surface area contributed by atoms with Crippen molar-refractivity contribution in [1.29, 1.82) is 0 Å². The molecule has 1 aliphatic heterocycles. The van der Waals surface area contributed by atoms with Gasteiger partial charge in [0.1, 0.15) is 0 Å². The van der Waals surface area contributed by atoms with E-state index in [1.165, 1.54) is 10.9 Å².